The molecule has 154 valence electrons. The number of nitrogens with one attached hydrogen (secondary N) is 3. The molecule has 3 amide bonds. The maximum absolute atomic E-state index is 13.0. The Balaban J connectivity index is 1.61. The first-order valence-electron chi connectivity index (χ1n) is 9.22. The average Bonchev–Trinajstić information content (AvgIpc) is 3.29. The van der Waals surface area contributed by atoms with Gasteiger partial charge in [-0.25, -0.2) is 4.39 Å². The lowest BCUT2D eigenvalue weighted by Gasteiger charge is -2.18. The molecule has 0 unspecified atom stereocenters. The summed E-state index contributed by atoms with van der Waals surface area (Å²) in [4.78, 5) is 37.0. The van der Waals surface area contributed by atoms with Crippen LogP contribution >= 0.6 is 0 Å². The molecule has 0 aliphatic rings. The summed E-state index contributed by atoms with van der Waals surface area (Å²) >= 11 is 0. The fraction of sp³-hybridized carbons (Fsp3) is 0.136. The van der Waals surface area contributed by atoms with E-state index in [-0.39, 0.29) is 18.6 Å². The van der Waals surface area contributed by atoms with E-state index >= 15 is 0 Å². The summed E-state index contributed by atoms with van der Waals surface area (Å²) in [6, 6.07) is 16.7. The lowest BCUT2D eigenvalue weighted by molar-refractivity contribution is -0.129. The van der Waals surface area contributed by atoms with Crippen LogP contribution < -0.4 is 16.2 Å². The van der Waals surface area contributed by atoms with Crippen molar-refractivity contribution in [2.24, 2.45) is 0 Å². The Morgan fingerprint density at radius 2 is 1.60 bits per heavy atom. The van der Waals surface area contributed by atoms with Gasteiger partial charge in [-0.1, -0.05) is 42.5 Å². The molecular weight excluding hydrogens is 389 g/mol. The third kappa shape index (κ3) is 6.03. The maximum atomic E-state index is 13.0. The third-order valence-corrected chi connectivity index (χ3v) is 4.25. The van der Waals surface area contributed by atoms with E-state index in [1.807, 2.05) is 30.3 Å². The van der Waals surface area contributed by atoms with Crippen molar-refractivity contribution in [3.05, 3.63) is 95.7 Å². The Hall–Kier alpha value is -3.94. The highest BCUT2D eigenvalue weighted by atomic mass is 19.1. The van der Waals surface area contributed by atoms with Gasteiger partial charge in [-0.2, -0.15) is 0 Å². The number of amides is 3. The van der Waals surface area contributed by atoms with E-state index in [1.165, 1.54) is 36.6 Å². The van der Waals surface area contributed by atoms with Crippen LogP contribution in [-0.2, 0) is 22.4 Å². The molecule has 0 radical (unpaired) electrons. The number of furan rings is 1. The first-order chi connectivity index (χ1) is 14.5. The van der Waals surface area contributed by atoms with E-state index in [0.717, 1.165) is 5.56 Å². The van der Waals surface area contributed by atoms with E-state index in [0.29, 0.717) is 5.56 Å². The van der Waals surface area contributed by atoms with Gasteiger partial charge in [0.25, 0.3) is 11.8 Å². The topological polar surface area (TPSA) is 100 Å². The molecule has 7 nitrogen and oxygen atoms in total. The zero-order valence-electron chi connectivity index (χ0n) is 15.9. The lowest BCUT2D eigenvalue weighted by atomic mass is 10.1. The molecule has 30 heavy (non-hydrogen) atoms. The van der Waals surface area contributed by atoms with Gasteiger partial charge >= 0.3 is 0 Å². The molecule has 0 saturated heterocycles. The van der Waals surface area contributed by atoms with Crippen molar-refractivity contribution in [2.75, 3.05) is 0 Å². The minimum Gasteiger partial charge on any atom is -0.459 e. The fourth-order valence-electron chi connectivity index (χ4n) is 2.75. The Bertz CT molecular complexity index is 989. The van der Waals surface area contributed by atoms with Crippen LogP contribution in [0.1, 0.15) is 21.7 Å². The normalized spacial score (nSPS) is 11.4. The second kappa shape index (κ2) is 10.0. The number of carbonyl (C=O) groups excluding carboxylic acids is 3. The summed E-state index contributed by atoms with van der Waals surface area (Å²) in [6.07, 6.45) is 1.53. The van der Waals surface area contributed by atoms with Crippen LogP contribution in [0, 0.1) is 5.82 Å². The summed E-state index contributed by atoms with van der Waals surface area (Å²) in [5, 5.41) is 2.61. The highest BCUT2D eigenvalue weighted by Crippen LogP contribution is 2.06. The van der Waals surface area contributed by atoms with Crippen molar-refractivity contribution in [1.82, 2.24) is 16.2 Å². The summed E-state index contributed by atoms with van der Waals surface area (Å²) in [5.41, 5.74) is 6.06. The smallest absolute Gasteiger partial charge is 0.287 e. The zero-order valence-corrected chi connectivity index (χ0v) is 15.9. The van der Waals surface area contributed by atoms with Crippen molar-refractivity contribution in [3.63, 3.8) is 0 Å². The molecule has 8 heteroatoms. The number of hydrazine groups is 1. The van der Waals surface area contributed by atoms with Crippen LogP contribution in [0.2, 0.25) is 0 Å². The molecule has 1 atom stereocenters. The molecule has 3 rings (SSSR count). The van der Waals surface area contributed by atoms with Crippen LogP contribution in [0.15, 0.2) is 77.4 Å². The van der Waals surface area contributed by atoms with Crippen molar-refractivity contribution in [3.8, 4) is 0 Å². The van der Waals surface area contributed by atoms with Gasteiger partial charge in [0.2, 0.25) is 5.91 Å². The number of benzene rings is 2. The maximum Gasteiger partial charge on any atom is 0.287 e. The van der Waals surface area contributed by atoms with Crippen LogP contribution in [0.3, 0.4) is 0 Å². The Morgan fingerprint density at radius 1 is 0.867 bits per heavy atom. The van der Waals surface area contributed by atoms with Crippen LogP contribution in [0.25, 0.3) is 0 Å². The highest BCUT2D eigenvalue weighted by molar-refractivity contribution is 5.96. The molecule has 0 aliphatic heterocycles. The van der Waals surface area contributed by atoms with Crippen LogP contribution in [0.4, 0.5) is 4.39 Å². The molecule has 1 heterocycles. The molecule has 0 fully saturated rings. The van der Waals surface area contributed by atoms with E-state index in [9.17, 15) is 18.8 Å². The molecule has 3 N–H and O–H groups in total. The first-order valence-corrected chi connectivity index (χ1v) is 9.22. The van der Waals surface area contributed by atoms with Crippen molar-refractivity contribution in [1.29, 1.82) is 0 Å². The van der Waals surface area contributed by atoms with E-state index < -0.39 is 29.6 Å². The zero-order chi connectivity index (χ0) is 21.3. The number of hydrogen-bond donors (Lipinski definition) is 3. The van der Waals surface area contributed by atoms with Gasteiger partial charge < -0.3 is 9.73 Å². The van der Waals surface area contributed by atoms with Gasteiger partial charge in [-0.05, 0) is 35.4 Å². The van der Waals surface area contributed by atoms with Gasteiger partial charge in [-0.3, -0.25) is 25.2 Å². The highest BCUT2D eigenvalue weighted by Gasteiger charge is 2.23. The van der Waals surface area contributed by atoms with Gasteiger partial charge in [0.15, 0.2) is 5.76 Å². The quantitative estimate of drug-likeness (QED) is 0.521. The first kappa shape index (κ1) is 20.8. The van der Waals surface area contributed by atoms with Gasteiger partial charge in [-0.15, -0.1) is 0 Å². The molecule has 0 saturated carbocycles. The summed E-state index contributed by atoms with van der Waals surface area (Å²) < 4.78 is 18.0. The fourth-order valence-corrected chi connectivity index (χ4v) is 2.75. The Morgan fingerprint density at radius 3 is 2.27 bits per heavy atom. The van der Waals surface area contributed by atoms with Gasteiger partial charge in [0, 0.05) is 6.42 Å². The molecular formula is C22H20FN3O4. The van der Waals surface area contributed by atoms with Crippen molar-refractivity contribution in [2.45, 2.75) is 18.9 Å². The molecule has 3 aromatic rings. The second-order valence-corrected chi connectivity index (χ2v) is 6.53. The van der Waals surface area contributed by atoms with E-state index in [1.54, 1.807) is 6.07 Å². The largest absolute Gasteiger partial charge is 0.459 e. The van der Waals surface area contributed by atoms with E-state index in [4.69, 9.17) is 4.42 Å². The van der Waals surface area contributed by atoms with E-state index in [2.05, 4.69) is 16.2 Å². The summed E-state index contributed by atoms with van der Waals surface area (Å²) in [6.45, 7) is 0. The van der Waals surface area contributed by atoms with Crippen LogP contribution in [0.5, 0.6) is 0 Å². The molecule has 1 aromatic heterocycles. The van der Waals surface area contributed by atoms with Gasteiger partial charge in [0.05, 0.1) is 12.7 Å². The summed E-state index contributed by atoms with van der Waals surface area (Å²) in [7, 11) is 0. The third-order valence-electron chi connectivity index (χ3n) is 4.25. The minimum atomic E-state index is -0.948. The van der Waals surface area contributed by atoms with Crippen molar-refractivity contribution < 1.29 is 23.2 Å². The minimum absolute atomic E-state index is 0.0390. The Labute approximate surface area is 172 Å². The number of halogens is 1. The van der Waals surface area contributed by atoms with Gasteiger partial charge in [0.1, 0.15) is 11.9 Å². The lowest BCUT2D eigenvalue weighted by Crippen LogP contribution is -2.53. The average molecular weight is 409 g/mol. The molecule has 0 aliphatic carbocycles. The van der Waals surface area contributed by atoms with Crippen molar-refractivity contribution >= 4 is 17.7 Å². The molecule has 2 aromatic carbocycles. The molecule has 0 bridgehead atoms. The number of hydrogen-bond acceptors (Lipinski definition) is 4. The monoisotopic (exact) mass is 409 g/mol. The summed E-state index contributed by atoms with van der Waals surface area (Å²) in [5.74, 6) is -1.95. The number of carbonyl (C=O) groups is 3. The Kier molecular flexibility index (Phi) is 6.94. The number of rotatable bonds is 7. The predicted octanol–water partition coefficient (Wildman–Crippen LogP) is 2.15. The predicted molar refractivity (Wildman–Crippen MR) is 106 cm³/mol. The SMILES string of the molecule is O=C(Cc1ccc(F)cc1)NNC(=O)[C@H](Cc1ccccc1)NC(=O)c1ccco1. The van der Waals surface area contributed by atoms with Crippen LogP contribution in [-0.4, -0.2) is 23.8 Å². The standard InChI is InChI=1S/C22H20FN3O4/c23-17-10-8-16(9-11-17)14-20(27)25-26-21(28)18(13-15-5-2-1-3-6-15)24-22(29)19-7-4-12-30-19/h1-12,18H,13-14H2,(H,24,29)(H,25,27)(H,26,28)/t18-/m0/s1. The second-order valence-electron chi connectivity index (χ2n) is 6.53. The molecule has 0 spiro atoms.